The van der Waals surface area contributed by atoms with Gasteiger partial charge in [0.2, 0.25) is 0 Å². The Hall–Kier alpha value is -3.43. The summed E-state index contributed by atoms with van der Waals surface area (Å²) in [6.45, 7) is 0. The molecule has 148 valence electrons. The predicted octanol–water partition coefficient (Wildman–Crippen LogP) is 4.73. The van der Waals surface area contributed by atoms with Crippen LogP contribution in [-0.2, 0) is 5.75 Å². The average molecular weight is 433 g/mol. The van der Waals surface area contributed by atoms with E-state index in [9.17, 15) is 4.79 Å². The third-order valence-corrected chi connectivity index (χ3v) is 6.23. The topological polar surface area (TPSA) is 88.0 Å². The van der Waals surface area contributed by atoms with Crippen molar-refractivity contribution in [2.45, 2.75) is 10.9 Å². The van der Waals surface area contributed by atoms with Crippen molar-refractivity contribution >= 4 is 39.7 Å². The highest BCUT2D eigenvalue weighted by Gasteiger charge is 2.09. The maximum absolute atomic E-state index is 12.6. The van der Waals surface area contributed by atoms with E-state index in [-0.39, 0.29) is 5.91 Å². The Bertz CT molecular complexity index is 1250. The van der Waals surface area contributed by atoms with E-state index in [1.54, 1.807) is 23.1 Å². The number of carbonyl (C=O) groups is 1. The highest BCUT2D eigenvalue weighted by molar-refractivity contribution is 7.98. The first-order valence-corrected chi connectivity index (χ1v) is 11.0. The number of aromatic nitrogens is 5. The van der Waals surface area contributed by atoms with Crippen molar-refractivity contribution in [2.75, 3.05) is 5.32 Å². The quantitative estimate of drug-likeness (QED) is 0.379. The Morgan fingerprint density at radius 3 is 2.70 bits per heavy atom. The number of imidazole rings is 1. The molecule has 0 radical (unpaired) electrons. The lowest BCUT2D eigenvalue weighted by molar-refractivity contribution is 0.102. The monoisotopic (exact) mass is 432 g/mol. The van der Waals surface area contributed by atoms with Crippen LogP contribution in [0.4, 0.5) is 5.69 Å². The number of fused-ring (bicyclic) bond motifs is 1. The van der Waals surface area contributed by atoms with Gasteiger partial charge in [0, 0.05) is 40.3 Å². The van der Waals surface area contributed by atoms with Crippen LogP contribution in [0, 0.1) is 0 Å². The van der Waals surface area contributed by atoms with Crippen molar-refractivity contribution in [3.8, 4) is 11.3 Å². The summed E-state index contributed by atoms with van der Waals surface area (Å²) in [6, 6.07) is 15.3. The van der Waals surface area contributed by atoms with Crippen LogP contribution in [0.1, 0.15) is 15.9 Å². The Morgan fingerprint density at radius 2 is 1.97 bits per heavy atom. The molecule has 0 aliphatic carbocycles. The molecule has 5 aromatic rings. The van der Waals surface area contributed by atoms with E-state index < -0.39 is 0 Å². The van der Waals surface area contributed by atoms with E-state index >= 15 is 0 Å². The summed E-state index contributed by atoms with van der Waals surface area (Å²) in [7, 11) is 0. The Morgan fingerprint density at radius 1 is 1.13 bits per heavy atom. The molecule has 0 fully saturated rings. The van der Waals surface area contributed by atoms with Crippen molar-refractivity contribution in [3.63, 3.8) is 0 Å². The molecular weight excluding hydrogens is 416 g/mol. The lowest BCUT2D eigenvalue weighted by Crippen LogP contribution is -2.11. The van der Waals surface area contributed by atoms with Crippen LogP contribution in [0.3, 0.4) is 0 Å². The van der Waals surface area contributed by atoms with Gasteiger partial charge in [-0.15, -0.1) is 11.3 Å². The number of anilines is 1. The van der Waals surface area contributed by atoms with Gasteiger partial charge in [-0.2, -0.15) is 5.10 Å². The first-order valence-electron chi connectivity index (χ1n) is 9.16. The first-order chi connectivity index (χ1) is 14.7. The van der Waals surface area contributed by atoms with Crippen LogP contribution in [0.2, 0.25) is 0 Å². The predicted molar refractivity (Wildman–Crippen MR) is 119 cm³/mol. The Kier molecular flexibility index (Phi) is 5.04. The molecule has 0 saturated carbocycles. The second-order valence-corrected chi connectivity index (χ2v) is 8.36. The van der Waals surface area contributed by atoms with Crippen LogP contribution in [0.15, 0.2) is 77.8 Å². The van der Waals surface area contributed by atoms with Gasteiger partial charge in [0.05, 0.1) is 5.69 Å². The van der Waals surface area contributed by atoms with Crippen LogP contribution < -0.4 is 5.32 Å². The van der Waals surface area contributed by atoms with E-state index in [1.165, 1.54) is 6.33 Å². The van der Waals surface area contributed by atoms with E-state index in [1.807, 2.05) is 70.7 Å². The SMILES string of the molecule is O=C(Nc1ccc(-c2cn3ccsc3n2)cc1)c1ccc(CSc2ncn[nH]2)cc1. The van der Waals surface area contributed by atoms with Gasteiger partial charge in [-0.05, 0) is 29.8 Å². The van der Waals surface area contributed by atoms with Crippen molar-refractivity contribution < 1.29 is 4.79 Å². The fraction of sp³-hybridized carbons (Fsp3) is 0.0476. The molecular formula is C21H16N6OS2. The number of rotatable bonds is 6. The van der Waals surface area contributed by atoms with Gasteiger partial charge in [0.1, 0.15) is 6.33 Å². The number of hydrogen-bond donors (Lipinski definition) is 2. The molecule has 3 aromatic heterocycles. The minimum absolute atomic E-state index is 0.139. The number of thioether (sulfide) groups is 1. The van der Waals surface area contributed by atoms with Gasteiger partial charge >= 0.3 is 0 Å². The molecule has 9 heteroatoms. The minimum Gasteiger partial charge on any atom is -0.322 e. The van der Waals surface area contributed by atoms with Crippen molar-refractivity contribution in [1.29, 1.82) is 0 Å². The molecule has 7 nitrogen and oxygen atoms in total. The summed E-state index contributed by atoms with van der Waals surface area (Å²) in [5, 5.41) is 12.4. The van der Waals surface area contributed by atoms with Crippen LogP contribution in [0.5, 0.6) is 0 Å². The minimum atomic E-state index is -0.139. The summed E-state index contributed by atoms with van der Waals surface area (Å²) >= 11 is 3.16. The number of hydrogen-bond acceptors (Lipinski definition) is 6. The maximum Gasteiger partial charge on any atom is 0.255 e. The number of nitrogens with one attached hydrogen (secondary N) is 2. The number of nitrogens with zero attached hydrogens (tertiary/aromatic N) is 4. The second kappa shape index (κ2) is 8.13. The number of aromatic amines is 1. The summed E-state index contributed by atoms with van der Waals surface area (Å²) in [5.41, 5.74) is 4.39. The fourth-order valence-corrected chi connectivity index (χ4v) is 4.40. The molecule has 2 N–H and O–H groups in total. The Labute approximate surface area is 180 Å². The molecule has 0 bridgehead atoms. The molecule has 1 amide bonds. The second-order valence-electron chi connectivity index (χ2n) is 6.53. The fourth-order valence-electron chi connectivity index (χ4n) is 2.96. The smallest absolute Gasteiger partial charge is 0.255 e. The summed E-state index contributed by atoms with van der Waals surface area (Å²) < 4.78 is 2.00. The third-order valence-electron chi connectivity index (χ3n) is 4.52. The standard InChI is InChI=1S/C21H16N6OS2/c28-19(16-3-1-14(2-4-16)12-30-20-22-13-23-26-20)24-17-7-5-15(6-8-17)18-11-27-9-10-29-21(27)25-18/h1-11,13H,12H2,(H,24,28)(H,22,23,26). The average Bonchev–Trinajstić information content (AvgIpc) is 3.51. The van der Waals surface area contributed by atoms with Crippen LogP contribution in [-0.4, -0.2) is 30.5 Å². The molecule has 0 aliphatic rings. The number of amides is 1. The highest BCUT2D eigenvalue weighted by atomic mass is 32.2. The molecule has 3 heterocycles. The van der Waals surface area contributed by atoms with Gasteiger partial charge in [-0.1, -0.05) is 36.0 Å². The van der Waals surface area contributed by atoms with Gasteiger partial charge < -0.3 is 5.32 Å². The lowest BCUT2D eigenvalue weighted by atomic mass is 10.1. The summed E-state index contributed by atoms with van der Waals surface area (Å²) in [5.74, 6) is 0.615. The van der Waals surface area contributed by atoms with Gasteiger partial charge in [-0.3, -0.25) is 14.3 Å². The van der Waals surface area contributed by atoms with Gasteiger partial charge in [0.15, 0.2) is 10.1 Å². The van der Waals surface area contributed by atoms with E-state index in [0.717, 1.165) is 38.4 Å². The Balaban J connectivity index is 1.22. The zero-order valence-corrected chi connectivity index (χ0v) is 17.3. The third kappa shape index (κ3) is 3.98. The lowest BCUT2D eigenvalue weighted by Gasteiger charge is -2.07. The highest BCUT2D eigenvalue weighted by Crippen LogP contribution is 2.23. The van der Waals surface area contributed by atoms with E-state index in [2.05, 4.69) is 25.5 Å². The number of H-pyrrole nitrogens is 1. The molecule has 0 aliphatic heterocycles. The van der Waals surface area contributed by atoms with Gasteiger partial charge in [0.25, 0.3) is 5.91 Å². The van der Waals surface area contributed by atoms with Crippen molar-refractivity contribution in [1.82, 2.24) is 24.6 Å². The van der Waals surface area contributed by atoms with Crippen LogP contribution >= 0.6 is 23.1 Å². The molecule has 2 aromatic carbocycles. The number of benzene rings is 2. The molecule has 0 unspecified atom stereocenters. The van der Waals surface area contributed by atoms with Gasteiger partial charge in [-0.25, -0.2) is 9.97 Å². The molecule has 0 spiro atoms. The molecule has 0 atom stereocenters. The zero-order valence-electron chi connectivity index (χ0n) is 15.6. The van der Waals surface area contributed by atoms with E-state index in [0.29, 0.717) is 5.56 Å². The van der Waals surface area contributed by atoms with Crippen LogP contribution in [0.25, 0.3) is 16.2 Å². The van der Waals surface area contributed by atoms with Crippen molar-refractivity contribution in [2.24, 2.45) is 0 Å². The van der Waals surface area contributed by atoms with Crippen molar-refractivity contribution in [3.05, 3.63) is 83.8 Å². The summed E-state index contributed by atoms with van der Waals surface area (Å²) in [4.78, 5) is 22.2. The first kappa shape index (κ1) is 18.6. The molecule has 30 heavy (non-hydrogen) atoms. The van der Waals surface area contributed by atoms with E-state index in [4.69, 9.17) is 0 Å². The normalized spacial score (nSPS) is 11.1. The molecule has 5 rings (SSSR count). The molecule has 0 saturated heterocycles. The largest absolute Gasteiger partial charge is 0.322 e. The number of carbonyl (C=O) groups excluding carboxylic acids is 1. The number of thiazole rings is 1. The zero-order chi connectivity index (χ0) is 20.3. The summed E-state index contributed by atoms with van der Waals surface area (Å²) in [6.07, 6.45) is 5.48. The maximum atomic E-state index is 12.6.